The second-order valence-corrected chi connectivity index (χ2v) is 5.09. The first-order valence-corrected chi connectivity index (χ1v) is 6.47. The number of hydrogen-bond acceptors (Lipinski definition) is 2. The number of rotatable bonds is 3. The lowest BCUT2D eigenvalue weighted by Crippen LogP contribution is -2.07. The molecule has 0 aliphatic rings. The van der Waals surface area contributed by atoms with Crippen LogP contribution in [0.15, 0.2) is 24.3 Å². The molecule has 0 amide bonds. The summed E-state index contributed by atoms with van der Waals surface area (Å²) in [5.41, 5.74) is 7.87. The Kier molecular flexibility index (Phi) is 3.82. The van der Waals surface area contributed by atoms with Crippen LogP contribution in [0.2, 0.25) is 5.02 Å². The fourth-order valence-electron chi connectivity index (χ4n) is 2.00. The van der Waals surface area contributed by atoms with E-state index in [2.05, 4.69) is 24.8 Å². The minimum absolute atomic E-state index is 0.261. The molecule has 98 valence electrons. The smallest absolute Gasteiger partial charge is 0.132 e. The van der Waals surface area contributed by atoms with Crippen molar-refractivity contribution in [1.82, 2.24) is 9.55 Å². The predicted molar refractivity (Wildman–Crippen MR) is 80.0 cm³/mol. The first-order valence-electron chi connectivity index (χ1n) is 6.10. The number of aromatic nitrogens is 2. The maximum Gasteiger partial charge on any atom is 0.132 e. The van der Waals surface area contributed by atoms with Crippen LogP contribution in [0.4, 0.5) is 5.82 Å². The van der Waals surface area contributed by atoms with E-state index in [1.54, 1.807) is 0 Å². The number of terminal acetylenes is 1. The molecule has 0 radical (unpaired) electrons. The van der Waals surface area contributed by atoms with Crippen LogP contribution in [0.3, 0.4) is 0 Å². The zero-order valence-corrected chi connectivity index (χ0v) is 11.8. The Hall–Kier alpha value is -1.92. The molecule has 0 spiro atoms. The number of nitrogens with two attached hydrogens (primary N) is 1. The molecule has 2 N–H and O–H groups in total. The van der Waals surface area contributed by atoms with Crippen LogP contribution in [0, 0.1) is 12.3 Å². The number of anilines is 1. The van der Waals surface area contributed by atoms with Crippen LogP contribution in [0.25, 0.3) is 11.3 Å². The van der Waals surface area contributed by atoms with Gasteiger partial charge in [0.1, 0.15) is 17.3 Å². The highest BCUT2D eigenvalue weighted by Crippen LogP contribution is 2.29. The van der Waals surface area contributed by atoms with Crippen molar-refractivity contribution in [2.24, 2.45) is 0 Å². The van der Waals surface area contributed by atoms with E-state index in [4.69, 9.17) is 23.8 Å². The predicted octanol–water partition coefficient (Wildman–Crippen LogP) is 3.54. The first-order chi connectivity index (χ1) is 9.04. The minimum Gasteiger partial charge on any atom is -0.383 e. The quantitative estimate of drug-likeness (QED) is 0.869. The van der Waals surface area contributed by atoms with Crippen molar-refractivity contribution < 1.29 is 0 Å². The lowest BCUT2D eigenvalue weighted by atomic mass is 10.1. The second kappa shape index (κ2) is 5.38. The van der Waals surface area contributed by atoms with Crippen molar-refractivity contribution in [1.29, 1.82) is 0 Å². The standard InChI is InChI=1S/C15H16ClN3/c1-4-9-19-14(17)13(18-15(19)10(2)3)11-5-7-12(16)8-6-11/h1,5-8,10H,9,17H2,2-3H3. The zero-order valence-electron chi connectivity index (χ0n) is 11.0. The van der Waals surface area contributed by atoms with Gasteiger partial charge in [0, 0.05) is 16.5 Å². The summed E-state index contributed by atoms with van der Waals surface area (Å²) in [7, 11) is 0. The van der Waals surface area contributed by atoms with Gasteiger partial charge >= 0.3 is 0 Å². The molecule has 2 rings (SSSR count). The van der Waals surface area contributed by atoms with Gasteiger partial charge in [0.05, 0.1) is 6.54 Å². The number of nitrogen functional groups attached to an aromatic ring is 1. The zero-order chi connectivity index (χ0) is 14.0. The molecule has 0 bridgehead atoms. The van der Waals surface area contributed by atoms with E-state index in [1.807, 2.05) is 28.8 Å². The van der Waals surface area contributed by atoms with E-state index < -0.39 is 0 Å². The van der Waals surface area contributed by atoms with Crippen LogP contribution in [0.5, 0.6) is 0 Å². The summed E-state index contributed by atoms with van der Waals surface area (Å²) in [5, 5.41) is 0.689. The number of hydrogen-bond donors (Lipinski definition) is 1. The third kappa shape index (κ3) is 2.59. The van der Waals surface area contributed by atoms with Gasteiger partial charge in [0.15, 0.2) is 0 Å². The lowest BCUT2D eigenvalue weighted by molar-refractivity contribution is 0.691. The molecule has 0 fully saturated rings. The van der Waals surface area contributed by atoms with E-state index in [0.29, 0.717) is 17.4 Å². The molecule has 0 saturated heterocycles. The molecule has 1 aromatic heterocycles. The summed E-state index contributed by atoms with van der Waals surface area (Å²) in [6.07, 6.45) is 5.39. The van der Waals surface area contributed by atoms with Gasteiger partial charge in [-0.3, -0.25) is 0 Å². The number of halogens is 1. The molecule has 0 aliphatic heterocycles. The van der Waals surface area contributed by atoms with Crippen molar-refractivity contribution in [3.05, 3.63) is 35.1 Å². The summed E-state index contributed by atoms with van der Waals surface area (Å²) in [6.45, 7) is 4.57. The molecular formula is C15H16ClN3. The fraction of sp³-hybridized carbons (Fsp3) is 0.267. The van der Waals surface area contributed by atoms with Crippen molar-refractivity contribution >= 4 is 17.4 Å². The largest absolute Gasteiger partial charge is 0.383 e. The van der Waals surface area contributed by atoms with E-state index in [-0.39, 0.29) is 5.92 Å². The average Bonchev–Trinajstić information content (AvgIpc) is 2.69. The summed E-state index contributed by atoms with van der Waals surface area (Å²) in [6, 6.07) is 7.47. The Morgan fingerprint density at radius 1 is 1.37 bits per heavy atom. The van der Waals surface area contributed by atoms with Crippen LogP contribution < -0.4 is 5.73 Å². The van der Waals surface area contributed by atoms with Gasteiger partial charge in [-0.25, -0.2) is 4.98 Å². The van der Waals surface area contributed by atoms with Gasteiger partial charge in [0.25, 0.3) is 0 Å². The Morgan fingerprint density at radius 2 is 2.00 bits per heavy atom. The summed E-state index contributed by atoms with van der Waals surface area (Å²) >= 11 is 5.89. The normalized spacial score (nSPS) is 10.7. The SMILES string of the molecule is C#CCn1c(C(C)C)nc(-c2ccc(Cl)cc2)c1N. The van der Waals surface area contributed by atoms with E-state index >= 15 is 0 Å². The fourth-order valence-corrected chi connectivity index (χ4v) is 2.13. The summed E-state index contributed by atoms with van der Waals surface area (Å²) in [5.74, 6) is 4.38. The molecule has 2 aromatic rings. The Morgan fingerprint density at radius 3 is 2.53 bits per heavy atom. The van der Waals surface area contributed by atoms with Gasteiger partial charge in [-0.1, -0.05) is 43.5 Å². The highest BCUT2D eigenvalue weighted by Gasteiger charge is 2.17. The third-order valence-corrected chi connectivity index (χ3v) is 3.17. The van der Waals surface area contributed by atoms with Gasteiger partial charge in [-0.15, -0.1) is 6.42 Å². The highest BCUT2D eigenvalue weighted by atomic mass is 35.5. The molecule has 0 saturated carbocycles. The van der Waals surface area contributed by atoms with Crippen LogP contribution >= 0.6 is 11.6 Å². The highest BCUT2D eigenvalue weighted by molar-refractivity contribution is 6.30. The maximum atomic E-state index is 6.17. The van der Waals surface area contributed by atoms with Crippen molar-refractivity contribution in [3.8, 4) is 23.6 Å². The van der Waals surface area contributed by atoms with Crippen LogP contribution in [-0.2, 0) is 6.54 Å². The van der Waals surface area contributed by atoms with Gasteiger partial charge in [-0.2, -0.15) is 0 Å². The van der Waals surface area contributed by atoms with Crippen molar-refractivity contribution in [2.75, 3.05) is 5.73 Å². The van der Waals surface area contributed by atoms with Gasteiger partial charge < -0.3 is 10.3 Å². The molecule has 0 aliphatic carbocycles. The maximum absolute atomic E-state index is 6.17. The Labute approximate surface area is 118 Å². The first kappa shape index (κ1) is 13.5. The van der Waals surface area contributed by atoms with Crippen molar-refractivity contribution in [2.45, 2.75) is 26.3 Å². The monoisotopic (exact) mass is 273 g/mol. The van der Waals surface area contributed by atoms with Gasteiger partial charge in [-0.05, 0) is 12.1 Å². The molecule has 3 nitrogen and oxygen atoms in total. The summed E-state index contributed by atoms with van der Waals surface area (Å²) < 4.78 is 1.88. The summed E-state index contributed by atoms with van der Waals surface area (Å²) in [4.78, 5) is 4.63. The van der Waals surface area contributed by atoms with Gasteiger partial charge in [0.2, 0.25) is 0 Å². The molecule has 1 aromatic carbocycles. The van der Waals surface area contributed by atoms with E-state index in [9.17, 15) is 0 Å². The van der Waals surface area contributed by atoms with Crippen LogP contribution in [-0.4, -0.2) is 9.55 Å². The topological polar surface area (TPSA) is 43.8 Å². The average molecular weight is 274 g/mol. The Bertz CT molecular complexity index is 618. The molecule has 19 heavy (non-hydrogen) atoms. The molecule has 4 heteroatoms. The third-order valence-electron chi connectivity index (χ3n) is 2.92. The number of nitrogens with zero attached hydrogens (tertiary/aromatic N) is 2. The van der Waals surface area contributed by atoms with Crippen LogP contribution in [0.1, 0.15) is 25.6 Å². The minimum atomic E-state index is 0.261. The lowest BCUT2D eigenvalue weighted by Gasteiger charge is -2.08. The second-order valence-electron chi connectivity index (χ2n) is 4.66. The molecule has 0 unspecified atom stereocenters. The number of benzene rings is 1. The Balaban J connectivity index is 2.56. The molecule has 0 atom stereocenters. The van der Waals surface area contributed by atoms with Crippen molar-refractivity contribution in [3.63, 3.8) is 0 Å². The molecular weight excluding hydrogens is 258 g/mol. The van der Waals surface area contributed by atoms with E-state index in [0.717, 1.165) is 17.1 Å². The van der Waals surface area contributed by atoms with E-state index in [1.165, 1.54) is 0 Å². The molecule has 1 heterocycles. The number of imidazole rings is 1.